The SMILES string of the molecule is C=C(NC(N=C(c1cccc(-c2cccc3oc4c(-c5c(-n6c7ccccc7c7cc(-c8ccccc8)ccc76)ccc6c5oc5ccccc56)cccc4c23)c1)C(C)CC)c1ccccc1)c1ccccc1. The zero-order valence-electron chi connectivity index (χ0n) is 40.7. The Labute approximate surface area is 424 Å². The number of nitrogens with one attached hydrogen (secondary N) is 1. The first-order valence-corrected chi connectivity index (χ1v) is 25.2. The van der Waals surface area contributed by atoms with Crippen LogP contribution in [-0.4, -0.2) is 10.3 Å². The molecule has 0 aliphatic rings. The average Bonchev–Trinajstić information content (AvgIpc) is 4.14. The minimum absolute atomic E-state index is 0.178. The van der Waals surface area contributed by atoms with Crippen molar-refractivity contribution in [1.29, 1.82) is 0 Å². The molecule has 1 N–H and O–H groups in total. The normalized spacial score (nSPS) is 12.9. The minimum Gasteiger partial charge on any atom is -0.455 e. The first-order valence-electron chi connectivity index (χ1n) is 25.2. The number of aromatic nitrogens is 1. The van der Waals surface area contributed by atoms with Crippen molar-refractivity contribution in [2.75, 3.05) is 0 Å². The van der Waals surface area contributed by atoms with Crippen molar-refractivity contribution >= 4 is 77.1 Å². The molecule has 0 saturated carbocycles. The van der Waals surface area contributed by atoms with Gasteiger partial charge in [0.05, 0.1) is 22.3 Å². The maximum absolute atomic E-state index is 7.15. The highest BCUT2D eigenvalue weighted by molar-refractivity contribution is 6.20. The van der Waals surface area contributed by atoms with Gasteiger partial charge >= 0.3 is 0 Å². The second-order valence-corrected chi connectivity index (χ2v) is 19.1. The standard InChI is InChI=1S/C68H51N3O2/c1-4-43(2)65(70-68(47-25-12-7-13-26-47)69-44(3)45-21-8-5-9-22-45)50-28-18-27-49(41-50)51-31-20-36-62-63(51)55-32-19-33-56(66(55)73-62)64-60(40-38-54-53-30-15-17-35-61(53)72-67(54)64)71-58-34-16-14-29-52(58)57-42-48(37-39-59(57)71)46-23-10-6-11-24-46/h5-43,68-69H,3-4H2,1-2H3. The number of hydrogen-bond acceptors (Lipinski definition) is 4. The highest BCUT2D eigenvalue weighted by atomic mass is 16.3. The largest absolute Gasteiger partial charge is 0.455 e. The number of benzene rings is 10. The first kappa shape index (κ1) is 43.8. The number of para-hydroxylation sites is 3. The Morgan fingerprint density at radius 1 is 0.507 bits per heavy atom. The summed E-state index contributed by atoms with van der Waals surface area (Å²) in [5, 5.41) is 10.3. The molecule has 3 aromatic heterocycles. The number of rotatable bonds is 12. The number of aliphatic imine (C=N–C) groups is 1. The highest BCUT2D eigenvalue weighted by Crippen LogP contribution is 2.47. The summed E-state index contributed by atoms with van der Waals surface area (Å²) in [4.78, 5) is 5.58. The fraction of sp³-hybridized carbons (Fsp3) is 0.0735. The molecule has 5 heteroatoms. The fourth-order valence-corrected chi connectivity index (χ4v) is 10.9. The van der Waals surface area contributed by atoms with Crippen molar-refractivity contribution in [3.63, 3.8) is 0 Å². The average molecular weight is 942 g/mol. The van der Waals surface area contributed by atoms with Gasteiger partial charge in [0, 0.05) is 49.3 Å². The Morgan fingerprint density at radius 3 is 1.96 bits per heavy atom. The molecule has 0 bridgehead atoms. The predicted molar refractivity (Wildman–Crippen MR) is 305 cm³/mol. The van der Waals surface area contributed by atoms with Crippen LogP contribution >= 0.6 is 0 Å². The Hall–Kier alpha value is -9.19. The van der Waals surface area contributed by atoms with Crippen LogP contribution in [0.25, 0.3) is 110 Å². The molecular weight excluding hydrogens is 891 g/mol. The van der Waals surface area contributed by atoms with Crippen molar-refractivity contribution < 1.29 is 8.83 Å². The third-order valence-corrected chi connectivity index (χ3v) is 14.7. The van der Waals surface area contributed by atoms with Gasteiger partial charge in [0.1, 0.15) is 28.5 Å². The first-order chi connectivity index (χ1) is 36.0. The van der Waals surface area contributed by atoms with Gasteiger partial charge in [-0.1, -0.05) is 202 Å². The van der Waals surface area contributed by atoms with Crippen LogP contribution in [0.15, 0.2) is 251 Å². The van der Waals surface area contributed by atoms with Crippen molar-refractivity contribution in [3.05, 3.63) is 254 Å². The van der Waals surface area contributed by atoms with E-state index >= 15 is 0 Å². The van der Waals surface area contributed by atoms with E-state index < -0.39 is 0 Å². The molecule has 0 saturated heterocycles. The van der Waals surface area contributed by atoms with Crippen molar-refractivity contribution in [2.45, 2.75) is 26.4 Å². The van der Waals surface area contributed by atoms with E-state index in [1.54, 1.807) is 0 Å². The molecule has 0 radical (unpaired) electrons. The molecule has 0 spiro atoms. The maximum Gasteiger partial charge on any atom is 0.145 e. The number of nitrogens with zero attached hydrogens (tertiary/aromatic N) is 2. The monoisotopic (exact) mass is 941 g/mol. The predicted octanol–water partition coefficient (Wildman–Crippen LogP) is 18.4. The number of fused-ring (bicyclic) bond motifs is 9. The van der Waals surface area contributed by atoms with E-state index in [1.807, 2.05) is 30.3 Å². The summed E-state index contributed by atoms with van der Waals surface area (Å²) in [7, 11) is 0. The number of furan rings is 2. The molecule has 0 aliphatic carbocycles. The van der Waals surface area contributed by atoms with E-state index in [4.69, 9.17) is 13.8 Å². The zero-order chi connectivity index (χ0) is 49.0. The summed E-state index contributed by atoms with van der Waals surface area (Å²) in [6, 6.07) is 81.5. The number of hydrogen-bond donors (Lipinski definition) is 1. The molecule has 3 heterocycles. The lowest BCUT2D eigenvalue weighted by atomic mass is 9.91. The quantitative estimate of drug-likeness (QED) is 0.124. The third kappa shape index (κ3) is 7.60. The summed E-state index contributed by atoms with van der Waals surface area (Å²) in [6.07, 6.45) is 0.578. The van der Waals surface area contributed by atoms with E-state index in [0.29, 0.717) is 0 Å². The minimum atomic E-state index is -0.350. The van der Waals surface area contributed by atoms with Crippen molar-refractivity contribution in [3.8, 4) is 39.1 Å². The second-order valence-electron chi connectivity index (χ2n) is 19.1. The van der Waals surface area contributed by atoms with Crippen LogP contribution in [0.1, 0.15) is 43.1 Å². The Bertz CT molecular complexity index is 4250. The molecule has 10 aromatic carbocycles. The van der Waals surface area contributed by atoms with Crippen LogP contribution in [0, 0.1) is 5.92 Å². The molecular formula is C68H51N3O2. The van der Waals surface area contributed by atoms with E-state index in [0.717, 1.165) is 117 Å². The second kappa shape index (κ2) is 18.2. The van der Waals surface area contributed by atoms with Gasteiger partial charge in [0.25, 0.3) is 0 Å². The summed E-state index contributed by atoms with van der Waals surface area (Å²) in [6.45, 7) is 8.94. The smallest absolute Gasteiger partial charge is 0.145 e. The van der Waals surface area contributed by atoms with Crippen LogP contribution in [0.4, 0.5) is 0 Å². The topological polar surface area (TPSA) is 55.6 Å². The van der Waals surface area contributed by atoms with E-state index in [1.165, 1.54) is 21.9 Å². The lowest BCUT2D eigenvalue weighted by molar-refractivity contribution is 0.650. The van der Waals surface area contributed by atoms with Gasteiger partial charge in [0.15, 0.2) is 0 Å². The van der Waals surface area contributed by atoms with Gasteiger partial charge < -0.3 is 18.7 Å². The Kier molecular flexibility index (Phi) is 10.9. The fourth-order valence-electron chi connectivity index (χ4n) is 10.9. The lowest BCUT2D eigenvalue weighted by Crippen LogP contribution is -2.22. The van der Waals surface area contributed by atoms with Crippen LogP contribution in [-0.2, 0) is 0 Å². The molecule has 5 nitrogen and oxygen atoms in total. The summed E-state index contributed by atoms with van der Waals surface area (Å²) < 4.78 is 16.5. The molecule has 13 aromatic rings. The van der Waals surface area contributed by atoms with Gasteiger partial charge in [-0.05, 0) is 99.8 Å². The lowest BCUT2D eigenvalue weighted by Gasteiger charge is -2.23. The summed E-state index contributed by atoms with van der Waals surface area (Å²) in [5.41, 5.74) is 18.0. The maximum atomic E-state index is 7.15. The Morgan fingerprint density at radius 2 is 1.14 bits per heavy atom. The zero-order valence-corrected chi connectivity index (χ0v) is 40.7. The van der Waals surface area contributed by atoms with Gasteiger partial charge in [-0.3, -0.25) is 4.99 Å². The molecule has 0 amide bonds. The van der Waals surface area contributed by atoms with Gasteiger partial charge in [-0.25, -0.2) is 0 Å². The molecule has 2 atom stereocenters. The molecule has 13 rings (SSSR count). The summed E-state index contributed by atoms with van der Waals surface area (Å²) in [5.74, 6) is 0.178. The van der Waals surface area contributed by atoms with Gasteiger partial charge in [0.2, 0.25) is 0 Å². The van der Waals surface area contributed by atoms with E-state index in [2.05, 4.69) is 231 Å². The van der Waals surface area contributed by atoms with Gasteiger partial charge in [-0.2, -0.15) is 0 Å². The molecule has 0 fully saturated rings. The van der Waals surface area contributed by atoms with Crippen LogP contribution in [0.5, 0.6) is 0 Å². The third-order valence-electron chi connectivity index (χ3n) is 14.7. The summed E-state index contributed by atoms with van der Waals surface area (Å²) >= 11 is 0. The molecule has 2 unspecified atom stereocenters. The molecule has 350 valence electrons. The van der Waals surface area contributed by atoms with Gasteiger partial charge in [-0.15, -0.1) is 0 Å². The van der Waals surface area contributed by atoms with Crippen molar-refractivity contribution in [1.82, 2.24) is 9.88 Å². The van der Waals surface area contributed by atoms with Crippen LogP contribution in [0.2, 0.25) is 0 Å². The van der Waals surface area contributed by atoms with E-state index in [-0.39, 0.29) is 12.1 Å². The molecule has 0 aliphatic heterocycles. The molecule has 73 heavy (non-hydrogen) atoms. The van der Waals surface area contributed by atoms with E-state index in [9.17, 15) is 0 Å². The highest BCUT2D eigenvalue weighted by Gasteiger charge is 2.26. The van der Waals surface area contributed by atoms with Crippen LogP contribution < -0.4 is 5.32 Å². The van der Waals surface area contributed by atoms with Crippen molar-refractivity contribution in [2.24, 2.45) is 10.9 Å². The Balaban J connectivity index is 0.990. The van der Waals surface area contributed by atoms with Crippen LogP contribution in [0.3, 0.4) is 0 Å².